The third-order valence-electron chi connectivity index (χ3n) is 6.73. The van der Waals surface area contributed by atoms with E-state index in [1.807, 2.05) is 12.1 Å². The first-order valence-electron chi connectivity index (χ1n) is 11.4. The molecule has 160 valence electrons. The first-order valence-corrected chi connectivity index (χ1v) is 11.4. The Morgan fingerprint density at radius 1 is 0.471 bits per heavy atom. The third-order valence-corrected chi connectivity index (χ3v) is 6.73. The fourth-order valence-electron chi connectivity index (χ4n) is 5.13. The molecule has 0 amide bonds. The van der Waals surface area contributed by atoms with Crippen LogP contribution >= 0.6 is 0 Å². The van der Waals surface area contributed by atoms with Crippen molar-refractivity contribution in [1.29, 1.82) is 0 Å². The first-order chi connectivity index (χ1) is 16.8. The van der Waals surface area contributed by atoms with E-state index in [0.717, 1.165) is 32.9 Å². The fraction of sp³-hybridized carbons (Fsp3) is 0. The predicted molar refractivity (Wildman–Crippen MR) is 140 cm³/mol. The van der Waals surface area contributed by atoms with Gasteiger partial charge in [-0.05, 0) is 62.5 Å². The van der Waals surface area contributed by atoms with E-state index in [2.05, 4.69) is 84.9 Å². The molecule has 1 heterocycles. The van der Waals surface area contributed by atoms with Crippen LogP contribution in [0.3, 0.4) is 0 Å². The van der Waals surface area contributed by atoms with Crippen molar-refractivity contribution < 1.29 is 8.81 Å². The zero-order valence-electron chi connectivity index (χ0n) is 18.3. The van der Waals surface area contributed by atoms with Crippen molar-refractivity contribution in [3.8, 4) is 22.3 Å². The number of furan rings is 1. The van der Waals surface area contributed by atoms with Crippen LogP contribution in [0.5, 0.6) is 0 Å². The number of hydrogen-bond donors (Lipinski definition) is 0. The number of para-hydroxylation sites is 1. The van der Waals surface area contributed by atoms with Gasteiger partial charge in [-0.1, -0.05) is 91.0 Å². The Balaban J connectivity index is 1.49. The van der Waals surface area contributed by atoms with Crippen molar-refractivity contribution in [2.75, 3.05) is 0 Å². The van der Waals surface area contributed by atoms with Crippen molar-refractivity contribution in [2.45, 2.75) is 0 Å². The normalized spacial score (nSPS) is 11.7. The highest BCUT2D eigenvalue weighted by Crippen LogP contribution is 2.41. The van der Waals surface area contributed by atoms with E-state index in [4.69, 9.17) is 4.42 Å². The molecule has 0 fully saturated rings. The summed E-state index contributed by atoms with van der Waals surface area (Å²) in [5.74, 6) is -0.259. The van der Waals surface area contributed by atoms with E-state index in [0.29, 0.717) is 5.58 Å². The van der Waals surface area contributed by atoms with Crippen LogP contribution < -0.4 is 0 Å². The second-order valence-corrected chi connectivity index (χ2v) is 8.69. The van der Waals surface area contributed by atoms with Gasteiger partial charge >= 0.3 is 0 Å². The molecule has 0 atom stereocenters. The molecule has 0 spiro atoms. The molecule has 2 heteroatoms. The number of halogens is 1. The van der Waals surface area contributed by atoms with Crippen LogP contribution in [-0.4, -0.2) is 0 Å². The van der Waals surface area contributed by atoms with E-state index in [1.165, 1.54) is 33.4 Å². The molecule has 6 aromatic carbocycles. The third kappa shape index (κ3) is 2.85. The number of rotatable bonds is 2. The molecule has 0 saturated carbocycles. The van der Waals surface area contributed by atoms with Gasteiger partial charge in [0.05, 0.1) is 0 Å². The molecule has 0 radical (unpaired) electrons. The van der Waals surface area contributed by atoms with Gasteiger partial charge in [0.2, 0.25) is 0 Å². The summed E-state index contributed by atoms with van der Waals surface area (Å²) in [4.78, 5) is 0. The van der Waals surface area contributed by atoms with Crippen LogP contribution in [-0.2, 0) is 0 Å². The maximum Gasteiger partial charge on any atom is 0.143 e. The van der Waals surface area contributed by atoms with Gasteiger partial charge < -0.3 is 4.42 Å². The van der Waals surface area contributed by atoms with Gasteiger partial charge in [0.25, 0.3) is 0 Å². The first kappa shape index (κ1) is 19.1. The minimum Gasteiger partial charge on any atom is -0.455 e. The quantitative estimate of drug-likeness (QED) is 0.262. The Morgan fingerprint density at radius 2 is 1.21 bits per heavy atom. The van der Waals surface area contributed by atoms with Crippen LogP contribution in [0.4, 0.5) is 4.39 Å². The van der Waals surface area contributed by atoms with Crippen LogP contribution in [0, 0.1) is 5.82 Å². The highest BCUT2D eigenvalue weighted by atomic mass is 19.1. The van der Waals surface area contributed by atoms with Crippen molar-refractivity contribution in [3.63, 3.8) is 0 Å². The highest BCUT2D eigenvalue weighted by molar-refractivity contribution is 6.13. The number of benzene rings is 6. The smallest absolute Gasteiger partial charge is 0.143 e. The fourth-order valence-corrected chi connectivity index (χ4v) is 5.13. The predicted octanol–water partition coefficient (Wildman–Crippen LogP) is 9.37. The lowest BCUT2D eigenvalue weighted by Gasteiger charge is -2.13. The molecule has 7 rings (SSSR count). The minimum absolute atomic E-state index is 0.259. The molecular weight excluding hydrogens is 419 g/mol. The molecular formula is C32H19FO. The summed E-state index contributed by atoms with van der Waals surface area (Å²) >= 11 is 0. The van der Waals surface area contributed by atoms with E-state index in [-0.39, 0.29) is 5.82 Å². The monoisotopic (exact) mass is 438 g/mol. The number of hydrogen-bond acceptors (Lipinski definition) is 1. The van der Waals surface area contributed by atoms with Gasteiger partial charge in [-0.15, -0.1) is 0 Å². The summed E-state index contributed by atoms with van der Waals surface area (Å²) in [5, 5.41) is 6.54. The van der Waals surface area contributed by atoms with Gasteiger partial charge in [-0.2, -0.15) is 0 Å². The lowest BCUT2D eigenvalue weighted by Crippen LogP contribution is -1.87. The molecule has 0 N–H and O–H groups in total. The molecule has 34 heavy (non-hydrogen) atoms. The summed E-state index contributed by atoms with van der Waals surface area (Å²) in [6.07, 6.45) is 0. The number of fused-ring (bicyclic) bond motifs is 5. The van der Waals surface area contributed by atoms with Crippen LogP contribution in [0.1, 0.15) is 0 Å². The lowest BCUT2D eigenvalue weighted by molar-refractivity contribution is 0.626. The molecule has 0 aliphatic rings. The van der Waals surface area contributed by atoms with Crippen molar-refractivity contribution in [1.82, 2.24) is 0 Å². The van der Waals surface area contributed by atoms with Gasteiger partial charge in [-0.25, -0.2) is 4.39 Å². The Kier molecular flexibility index (Phi) is 4.09. The van der Waals surface area contributed by atoms with Crippen LogP contribution in [0.2, 0.25) is 0 Å². The highest BCUT2D eigenvalue weighted by Gasteiger charge is 2.16. The SMILES string of the molecule is Fc1ccc2oc3c(-c4ccc(-c5ccc6ccccc6c5)c5ccccc45)cccc3c2c1. The maximum absolute atomic E-state index is 13.9. The Hall–Kier alpha value is -4.43. The summed E-state index contributed by atoms with van der Waals surface area (Å²) in [7, 11) is 0. The molecule has 0 saturated heterocycles. The molecule has 1 aromatic heterocycles. The Bertz CT molecular complexity index is 1880. The summed E-state index contributed by atoms with van der Waals surface area (Å²) in [5.41, 5.74) is 5.98. The van der Waals surface area contributed by atoms with Gasteiger partial charge in [0.15, 0.2) is 0 Å². The van der Waals surface area contributed by atoms with E-state index >= 15 is 0 Å². The van der Waals surface area contributed by atoms with Gasteiger partial charge in [0.1, 0.15) is 17.0 Å². The molecule has 0 aliphatic heterocycles. The topological polar surface area (TPSA) is 13.1 Å². The standard InChI is InChI=1S/C32H19FO/c33-23-14-17-31-30(19-23)29-11-5-10-28(32(29)34-31)27-16-15-24(25-8-3-4-9-26(25)27)22-13-12-20-6-1-2-7-21(20)18-22/h1-19H. The average molecular weight is 439 g/mol. The molecule has 0 bridgehead atoms. The second kappa shape index (κ2) is 7.29. The van der Waals surface area contributed by atoms with Crippen molar-refractivity contribution in [2.24, 2.45) is 0 Å². The average Bonchev–Trinajstić information content (AvgIpc) is 3.26. The zero-order chi connectivity index (χ0) is 22.6. The molecule has 1 nitrogen and oxygen atoms in total. The molecule has 0 aliphatic carbocycles. The minimum atomic E-state index is -0.259. The Labute approximate surface area is 195 Å². The van der Waals surface area contributed by atoms with Crippen LogP contribution in [0.15, 0.2) is 120 Å². The summed E-state index contributed by atoms with van der Waals surface area (Å²) in [6.45, 7) is 0. The van der Waals surface area contributed by atoms with Crippen molar-refractivity contribution in [3.05, 3.63) is 121 Å². The maximum atomic E-state index is 13.9. The van der Waals surface area contributed by atoms with E-state index in [1.54, 1.807) is 12.1 Å². The van der Waals surface area contributed by atoms with Gasteiger partial charge in [-0.3, -0.25) is 0 Å². The largest absolute Gasteiger partial charge is 0.455 e. The zero-order valence-corrected chi connectivity index (χ0v) is 18.3. The van der Waals surface area contributed by atoms with E-state index in [9.17, 15) is 4.39 Å². The molecule has 7 aromatic rings. The van der Waals surface area contributed by atoms with Crippen molar-refractivity contribution >= 4 is 43.5 Å². The van der Waals surface area contributed by atoms with E-state index < -0.39 is 0 Å². The summed E-state index contributed by atoms with van der Waals surface area (Å²) < 4.78 is 20.2. The summed E-state index contributed by atoms with van der Waals surface area (Å²) in [6, 6.07) is 38.7. The van der Waals surface area contributed by atoms with Gasteiger partial charge in [0, 0.05) is 16.3 Å². The van der Waals surface area contributed by atoms with Crippen LogP contribution in [0.25, 0.3) is 65.7 Å². The lowest BCUT2D eigenvalue weighted by atomic mass is 9.91. The second-order valence-electron chi connectivity index (χ2n) is 8.69. The molecule has 0 unspecified atom stereocenters. The Morgan fingerprint density at radius 3 is 2.09 bits per heavy atom.